The first kappa shape index (κ1) is 19.8. The Kier molecular flexibility index (Phi) is 5.81. The van der Waals surface area contributed by atoms with Gasteiger partial charge in [0.25, 0.3) is 0 Å². The molecule has 8 heteroatoms. The molecule has 5 nitrogen and oxygen atoms in total. The molecular weight excluding hydrogens is 387 g/mol. The lowest BCUT2D eigenvalue weighted by Crippen LogP contribution is -2.29. The van der Waals surface area contributed by atoms with Crippen LogP contribution >= 0.6 is 22.7 Å². The fraction of sp³-hybridized carbons (Fsp3) is 0.316. The number of thiazole rings is 2. The summed E-state index contributed by atoms with van der Waals surface area (Å²) in [7, 11) is 0. The summed E-state index contributed by atoms with van der Waals surface area (Å²) in [6.45, 7) is 2.96. The predicted octanol–water partition coefficient (Wildman–Crippen LogP) is 4.03. The Morgan fingerprint density at radius 2 is 1.96 bits per heavy atom. The Morgan fingerprint density at radius 3 is 2.56 bits per heavy atom. The third kappa shape index (κ3) is 4.65. The molecule has 2 aromatic heterocycles. The van der Waals surface area contributed by atoms with E-state index in [0.29, 0.717) is 21.3 Å². The van der Waals surface area contributed by atoms with Gasteiger partial charge in [0.2, 0.25) is 0 Å². The van der Waals surface area contributed by atoms with Crippen molar-refractivity contribution < 1.29 is 19.4 Å². The van der Waals surface area contributed by atoms with Crippen molar-refractivity contribution in [2.75, 3.05) is 0 Å². The number of aryl methyl sites for hydroxylation is 1. The van der Waals surface area contributed by atoms with Crippen molar-refractivity contribution in [3.05, 3.63) is 57.8 Å². The lowest BCUT2D eigenvalue weighted by atomic mass is 9.97. The first-order valence-corrected chi connectivity index (χ1v) is 10.0. The minimum absolute atomic E-state index is 0.155. The molecule has 2 N–H and O–H groups in total. The maximum atomic E-state index is 13.0. The number of Topliss-reactive ketones (excluding diaryl/α,β-unsaturated/α-hetero) is 1. The van der Waals surface area contributed by atoms with E-state index in [2.05, 4.69) is 9.97 Å². The highest BCUT2D eigenvalue weighted by Crippen LogP contribution is 2.37. The SMILES string of the molecule is CC(C)(O)C(O)c1sc(-c2nccs2)nc1C(=O)CCc1ccc(F)cc1. The second-order valence-electron chi connectivity index (χ2n) is 6.67. The molecule has 142 valence electrons. The summed E-state index contributed by atoms with van der Waals surface area (Å²) in [6, 6.07) is 5.98. The Hall–Kier alpha value is -2.00. The van der Waals surface area contributed by atoms with Crippen LogP contribution in [0.15, 0.2) is 35.8 Å². The molecule has 2 heterocycles. The molecule has 0 spiro atoms. The summed E-state index contributed by atoms with van der Waals surface area (Å²) in [5, 5.41) is 23.7. The van der Waals surface area contributed by atoms with Gasteiger partial charge >= 0.3 is 0 Å². The third-order valence-electron chi connectivity index (χ3n) is 4.00. The fourth-order valence-corrected chi connectivity index (χ4v) is 4.42. The monoisotopic (exact) mass is 406 g/mol. The van der Waals surface area contributed by atoms with Gasteiger partial charge in [0.15, 0.2) is 15.8 Å². The van der Waals surface area contributed by atoms with Gasteiger partial charge in [0, 0.05) is 18.0 Å². The molecule has 27 heavy (non-hydrogen) atoms. The van der Waals surface area contributed by atoms with E-state index in [1.54, 1.807) is 23.7 Å². The van der Waals surface area contributed by atoms with Crippen LogP contribution in [0.1, 0.15) is 47.3 Å². The number of carbonyl (C=O) groups is 1. The smallest absolute Gasteiger partial charge is 0.182 e. The van der Waals surface area contributed by atoms with Crippen LogP contribution in [0.25, 0.3) is 10.0 Å². The normalized spacial score (nSPS) is 12.9. The summed E-state index contributed by atoms with van der Waals surface area (Å²) in [4.78, 5) is 21.7. The number of carbonyl (C=O) groups excluding carboxylic acids is 1. The number of aromatic nitrogens is 2. The Labute approximate surface area is 164 Å². The van der Waals surface area contributed by atoms with Gasteiger partial charge in [-0.3, -0.25) is 4.79 Å². The molecular formula is C19H19FN2O3S2. The highest BCUT2D eigenvalue weighted by atomic mass is 32.1. The van der Waals surface area contributed by atoms with E-state index < -0.39 is 11.7 Å². The number of aliphatic hydroxyl groups is 2. The highest BCUT2D eigenvalue weighted by molar-refractivity contribution is 7.20. The molecule has 0 bridgehead atoms. The van der Waals surface area contributed by atoms with Crippen molar-refractivity contribution in [1.29, 1.82) is 0 Å². The van der Waals surface area contributed by atoms with Crippen molar-refractivity contribution in [2.45, 2.75) is 38.4 Å². The Balaban J connectivity index is 1.87. The van der Waals surface area contributed by atoms with E-state index in [9.17, 15) is 19.4 Å². The van der Waals surface area contributed by atoms with Gasteiger partial charge in [-0.1, -0.05) is 12.1 Å². The van der Waals surface area contributed by atoms with E-state index in [-0.39, 0.29) is 23.7 Å². The van der Waals surface area contributed by atoms with E-state index in [1.165, 1.54) is 37.3 Å². The maximum absolute atomic E-state index is 13.0. The van der Waals surface area contributed by atoms with Crippen LogP contribution in [0.3, 0.4) is 0 Å². The molecule has 3 rings (SSSR count). The lowest BCUT2D eigenvalue weighted by molar-refractivity contribution is -0.0482. The molecule has 3 aromatic rings. The quantitative estimate of drug-likeness (QED) is 0.579. The van der Waals surface area contributed by atoms with Gasteiger partial charge in [-0.2, -0.15) is 0 Å². The van der Waals surface area contributed by atoms with Crippen molar-refractivity contribution >= 4 is 28.5 Å². The molecule has 0 aliphatic rings. The largest absolute Gasteiger partial charge is 0.387 e. The summed E-state index contributed by atoms with van der Waals surface area (Å²) in [6.07, 6.45) is 0.997. The fourth-order valence-electron chi connectivity index (χ4n) is 2.49. The number of halogens is 1. The number of hydrogen-bond donors (Lipinski definition) is 2. The van der Waals surface area contributed by atoms with Crippen LogP contribution in [0.5, 0.6) is 0 Å². The number of ketones is 1. The molecule has 0 aliphatic heterocycles. The number of hydrogen-bond acceptors (Lipinski definition) is 7. The van der Waals surface area contributed by atoms with Crippen LogP contribution in [-0.2, 0) is 6.42 Å². The topological polar surface area (TPSA) is 83.3 Å². The first-order valence-electron chi connectivity index (χ1n) is 8.34. The van der Waals surface area contributed by atoms with E-state index in [1.807, 2.05) is 0 Å². The van der Waals surface area contributed by atoms with E-state index in [0.717, 1.165) is 16.9 Å². The minimum Gasteiger partial charge on any atom is -0.387 e. The maximum Gasteiger partial charge on any atom is 0.182 e. The molecule has 0 saturated heterocycles. The van der Waals surface area contributed by atoms with E-state index in [4.69, 9.17) is 0 Å². The summed E-state index contributed by atoms with van der Waals surface area (Å²) in [5.74, 6) is -0.565. The summed E-state index contributed by atoms with van der Waals surface area (Å²) >= 11 is 2.55. The average molecular weight is 407 g/mol. The van der Waals surface area contributed by atoms with Gasteiger partial charge in [-0.05, 0) is 38.0 Å². The van der Waals surface area contributed by atoms with Gasteiger partial charge in [-0.15, -0.1) is 22.7 Å². The van der Waals surface area contributed by atoms with Crippen molar-refractivity contribution in [2.24, 2.45) is 0 Å². The van der Waals surface area contributed by atoms with Gasteiger partial charge in [0.1, 0.15) is 17.6 Å². The number of nitrogens with zero attached hydrogens (tertiary/aromatic N) is 2. The molecule has 0 radical (unpaired) electrons. The number of benzene rings is 1. The zero-order chi connectivity index (χ0) is 19.6. The molecule has 0 saturated carbocycles. The van der Waals surface area contributed by atoms with Crippen LogP contribution in [0.2, 0.25) is 0 Å². The Morgan fingerprint density at radius 1 is 1.26 bits per heavy atom. The first-order chi connectivity index (χ1) is 12.8. The molecule has 0 amide bonds. The van der Waals surface area contributed by atoms with Crippen LogP contribution in [0, 0.1) is 5.82 Å². The standard InChI is InChI=1S/C19H19FN2O3S2/c1-19(2,25)16(24)15-14(22-18(27-15)17-21-9-10-26-17)13(23)8-5-11-3-6-12(20)7-4-11/h3-4,6-7,9-10,16,24-25H,5,8H2,1-2H3. The van der Waals surface area contributed by atoms with E-state index >= 15 is 0 Å². The van der Waals surface area contributed by atoms with Crippen LogP contribution in [0.4, 0.5) is 4.39 Å². The van der Waals surface area contributed by atoms with Crippen molar-refractivity contribution in [1.82, 2.24) is 9.97 Å². The molecule has 1 aromatic carbocycles. The lowest BCUT2D eigenvalue weighted by Gasteiger charge is -2.23. The number of rotatable bonds is 7. The average Bonchev–Trinajstić information content (AvgIpc) is 3.29. The zero-order valence-electron chi connectivity index (χ0n) is 14.8. The number of aliphatic hydroxyl groups excluding tert-OH is 1. The third-order valence-corrected chi connectivity index (χ3v) is 6.03. The van der Waals surface area contributed by atoms with Gasteiger partial charge in [-0.25, -0.2) is 14.4 Å². The molecule has 1 atom stereocenters. The van der Waals surface area contributed by atoms with Gasteiger partial charge < -0.3 is 10.2 Å². The second kappa shape index (κ2) is 7.93. The molecule has 0 fully saturated rings. The summed E-state index contributed by atoms with van der Waals surface area (Å²) < 4.78 is 13.0. The highest BCUT2D eigenvalue weighted by Gasteiger charge is 2.33. The minimum atomic E-state index is -1.42. The van der Waals surface area contributed by atoms with Gasteiger partial charge in [0.05, 0.1) is 10.5 Å². The molecule has 1 unspecified atom stereocenters. The second-order valence-corrected chi connectivity index (χ2v) is 8.60. The van der Waals surface area contributed by atoms with Crippen LogP contribution < -0.4 is 0 Å². The van der Waals surface area contributed by atoms with Crippen LogP contribution in [-0.4, -0.2) is 31.6 Å². The Bertz CT molecular complexity index is 916. The summed E-state index contributed by atoms with van der Waals surface area (Å²) in [5.41, 5.74) is -0.426. The molecule has 0 aliphatic carbocycles. The predicted molar refractivity (Wildman–Crippen MR) is 104 cm³/mol. The van der Waals surface area contributed by atoms with Crippen molar-refractivity contribution in [3.63, 3.8) is 0 Å². The zero-order valence-corrected chi connectivity index (χ0v) is 16.5. The van der Waals surface area contributed by atoms with Crippen molar-refractivity contribution in [3.8, 4) is 10.0 Å².